The van der Waals surface area contributed by atoms with Crippen LogP contribution in [0.15, 0.2) is 29.6 Å². The number of hydrogen-bond acceptors (Lipinski definition) is 3. The number of thiophene rings is 1. The molecule has 3 rings (SSSR count). The van der Waals surface area contributed by atoms with Crippen molar-refractivity contribution in [1.29, 1.82) is 0 Å². The number of aliphatic carboxylic acids is 1. The fourth-order valence-corrected chi connectivity index (χ4v) is 3.77. The van der Waals surface area contributed by atoms with Gasteiger partial charge in [0.2, 0.25) is 0 Å². The molecule has 0 unspecified atom stereocenters. The van der Waals surface area contributed by atoms with Gasteiger partial charge in [-0.1, -0.05) is 31.5 Å². The molecule has 0 aliphatic carbocycles. The average Bonchev–Trinajstić information content (AvgIpc) is 3.19. The summed E-state index contributed by atoms with van der Waals surface area (Å²) >= 11 is 7.95. The van der Waals surface area contributed by atoms with Gasteiger partial charge in [-0.05, 0) is 36.1 Å². The van der Waals surface area contributed by atoms with Crippen LogP contribution in [-0.4, -0.2) is 22.8 Å². The number of methoxy groups -OCH3 is 1. The van der Waals surface area contributed by atoms with Crippen LogP contribution in [0.5, 0.6) is 5.75 Å². The highest BCUT2D eigenvalue weighted by Gasteiger charge is 2.19. The van der Waals surface area contributed by atoms with E-state index in [0.29, 0.717) is 17.3 Å². The molecule has 0 fully saturated rings. The van der Waals surface area contributed by atoms with Crippen molar-refractivity contribution in [2.45, 2.75) is 33.7 Å². The van der Waals surface area contributed by atoms with Gasteiger partial charge in [-0.15, -0.1) is 11.3 Å². The number of fused-ring (bicyclic) bond motifs is 1. The average molecular weight is 380 g/mol. The highest BCUT2D eigenvalue weighted by atomic mass is 35.5. The number of hydrogen-bond donors (Lipinski definition) is 1. The molecule has 0 radical (unpaired) electrons. The molecule has 0 atom stereocenters. The summed E-state index contributed by atoms with van der Waals surface area (Å²) in [6.45, 7) is 6.65. The van der Waals surface area contributed by atoms with Crippen molar-refractivity contribution < 1.29 is 14.6 Å². The Bertz CT molecular complexity index is 869. The van der Waals surface area contributed by atoms with Gasteiger partial charge < -0.3 is 14.4 Å². The van der Waals surface area contributed by atoms with Crippen molar-refractivity contribution >= 4 is 39.8 Å². The van der Waals surface area contributed by atoms with Crippen LogP contribution in [0.2, 0.25) is 5.02 Å². The minimum atomic E-state index is -0.850. The number of ether oxygens (including phenoxy) is 1. The lowest BCUT2D eigenvalue weighted by molar-refractivity contribution is -0.136. The summed E-state index contributed by atoms with van der Waals surface area (Å²) in [5, 5.41) is 12.7. The van der Waals surface area contributed by atoms with Crippen LogP contribution in [-0.2, 0) is 17.8 Å². The highest BCUT2D eigenvalue weighted by molar-refractivity contribution is 7.09. The molecule has 0 aliphatic rings. The van der Waals surface area contributed by atoms with Crippen molar-refractivity contribution in [3.63, 3.8) is 0 Å². The van der Waals surface area contributed by atoms with Crippen LogP contribution in [0, 0.1) is 6.92 Å². The van der Waals surface area contributed by atoms with E-state index in [2.05, 4.69) is 10.6 Å². The largest absolute Gasteiger partial charge is 0.495 e. The van der Waals surface area contributed by atoms with Gasteiger partial charge in [-0.2, -0.15) is 0 Å². The number of benzene rings is 1. The van der Waals surface area contributed by atoms with E-state index in [0.717, 1.165) is 22.2 Å². The molecule has 4 nitrogen and oxygen atoms in total. The number of nitrogens with zero attached hydrogens (tertiary/aromatic N) is 1. The lowest BCUT2D eigenvalue weighted by atomic mass is 10.1. The van der Waals surface area contributed by atoms with E-state index in [-0.39, 0.29) is 6.42 Å². The zero-order valence-corrected chi connectivity index (χ0v) is 16.4. The number of carboxylic acids is 1. The van der Waals surface area contributed by atoms with Gasteiger partial charge in [0.25, 0.3) is 0 Å². The highest BCUT2D eigenvalue weighted by Crippen LogP contribution is 2.35. The van der Waals surface area contributed by atoms with Crippen LogP contribution in [0.1, 0.15) is 30.0 Å². The van der Waals surface area contributed by atoms with Crippen LogP contribution in [0.25, 0.3) is 10.9 Å². The molecule has 0 bridgehead atoms. The SMILES string of the molecule is CC.COc1cc2c(CC(=O)O)c(C)n(Cc3cccs3)c2cc1Cl. The minimum absolute atomic E-state index is 0.0233. The molecule has 0 saturated carbocycles. The maximum Gasteiger partial charge on any atom is 0.307 e. The fraction of sp³-hybridized carbons (Fsp3) is 0.316. The third-order valence-electron chi connectivity index (χ3n) is 3.95. The van der Waals surface area contributed by atoms with Gasteiger partial charge in [0.1, 0.15) is 5.75 Å². The summed E-state index contributed by atoms with van der Waals surface area (Å²) in [4.78, 5) is 12.5. The number of halogens is 1. The normalized spacial score (nSPS) is 10.4. The van der Waals surface area contributed by atoms with E-state index < -0.39 is 5.97 Å². The molecule has 3 aromatic rings. The first-order valence-electron chi connectivity index (χ1n) is 8.10. The molecule has 0 saturated heterocycles. The van der Waals surface area contributed by atoms with Crippen molar-refractivity contribution in [3.05, 3.63) is 50.8 Å². The Morgan fingerprint density at radius 3 is 2.64 bits per heavy atom. The van der Waals surface area contributed by atoms with Gasteiger partial charge in [-0.3, -0.25) is 4.79 Å². The molecule has 0 aliphatic heterocycles. The Morgan fingerprint density at radius 2 is 2.08 bits per heavy atom. The zero-order valence-electron chi connectivity index (χ0n) is 14.8. The van der Waals surface area contributed by atoms with E-state index in [4.69, 9.17) is 16.3 Å². The smallest absolute Gasteiger partial charge is 0.307 e. The van der Waals surface area contributed by atoms with Gasteiger partial charge in [-0.25, -0.2) is 0 Å². The maximum absolute atomic E-state index is 11.2. The Balaban J connectivity index is 0.00000109. The second kappa shape index (κ2) is 8.41. The van der Waals surface area contributed by atoms with Crippen molar-refractivity contribution in [2.24, 2.45) is 0 Å². The quantitative estimate of drug-likeness (QED) is 0.647. The minimum Gasteiger partial charge on any atom is -0.495 e. The van der Waals surface area contributed by atoms with Gasteiger partial charge in [0, 0.05) is 16.0 Å². The van der Waals surface area contributed by atoms with E-state index in [1.54, 1.807) is 18.4 Å². The van der Waals surface area contributed by atoms with Gasteiger partial charge in [0.15, 0.2) is 0 Å². The van der Waals surface area contributed by atoms with E-state index in [1.165, 1.54) is 4.88 Å². The van der Waals surface area contributed by atoms with Gasteiger partial charge in [0.05, 0.1) is 30.6 Å². The second-order valence-electron chi connectivity index (χ2n) is 5.30. The summed E-state index contributed by atoms with van der Waals surface area (Å²) in [6.07, 6.45) is -0.0233. The van der Waals surface area contributed by atoms with Crippen molar-refractivity contribution in [3.8, 4) is 5.75 Å². The lowest BCUT2D eigenvalue weighted by Crippen LogP contribution is -2.04. The zero-order chi connectivity index (χ0) is 18.6. The molecule has 134 valence electrons. The Hall–Kier alpha value is -1.98. The third kappa shape index (κ3) is 3.99. The van der Waals surface area contributed by atoms with Crippen LogP contribution < -0.4 is 4.74 Å². The summed E-state index contributed by atoms with van der Waals surface area (Å²) in [6, 6.07) is 7.75. The molecule has 1 N–H and O–H groups in total. The molecular formula is C19H22ClNO3S. The van der Waals surface area contributed by atoms with Gasteiger partial charge >= 0.3 is 5.97 Å². The predicted octanol–water partition coefficient (Wildman–Crippen LogP) is 5.37. The number of aromatic nitrogens is 1. The first kappa shape index (κ1) is 19.3. The summed E-state index contributed by atoms with van der Waals surface area (Å²) in [5.74, 6) is -0.295. The van der Waals surface area contributed by atoms with E-state index in [1.807, 2.05) is 44.4 Å². The van der Waals surface area contributed by atoms with Crippen LogP contribution in [0.3, 0.4) is 0 Å². The molecule has 0 spiro atoms. The first-order valence-corrected chi connectivity index (χ1v) is 9.36. The van der Waals surface area contributed by atoms with Crippen molar-refractivity contribution in [1.82, 2.24) is 4.57 Å². The standard InChI is InChI=1S/C17H16ClNO3S.C2H6/c1-10-12(7-17(20)21)13-6-16(22-2)14(18)8-15(13)19(10)9-11-4-3-5-23-11;1-2/h3-6,8H,7,9H2,1-2H3,(H,20,21);1-2H3. The monoisotopic (exact) mass is 379 g/mol. The summed E-state index contributed by atoms with van der Waals surface area (Å²) < 4.78 is 7.40. The Morgan fingerprint density at radius 1 is 1.36 bits per heavy atom. The molecule has 6 heteroatoms. The van der Waals surface area contributed by atoms with Crippen molar-refractivity contribution in [2.75, 3.05) is 7.11 Å². The Labute approximate surface area is 156 Å². The van der Waals surface area contributed by atoms with Crippen LogP contribution >= 0.6 is 22.9 Å². The molecule has 25 heavy (non-hydrogen) atoms. The van der Waals surface area contributed by atoms with E-state index in [9.17, 15) is 9.90 Å². The summed E-state index contributed by atoms with van der Waals surface area (Å²) in [5.41, 5.74) is 2.68. The first-order chi connectivity index (χ1) is 12.0. The second-order valence-corrected chi connectivity index (χ2v) is 6.74. The third-order valence-corrected chi connectivity index (χ3v) is 5.11. The topological polar surface area (TPSA) is 51.5 Å². The number of rotatable bonds is 5. The maximum atomic E-state index is 11.2. The van der Waals surface area contributed by atoms with E-state index >= 15 is 0 Å². The molecule has 2 aromatic heterocycles. The summed E-state index contributed by atoms with van der Waals surface area (Å²) in [7, 11) is 1.55. The molecule has 2 heterocycles. The molecular weight excluding hydrogens is 358 g/mol. The fourth-order valence-electron chi connectivity index (χ4n) is 2.84. The lowest BCUT2D eigenvalue weighted by Gasteiger charge is -2.08. The molecule has 1 aromatic carbocycles. The number of carboxylic acid groups (broad SMARTS) is 1. The predicted molar refractivity (Wildman–Crippen MR) is 104 cm³/mol. The Kier molecular flexibility index (Phi) is 6.51. The van der Waals surface area contributed by atoms with Crippen LogP contribution in [0.4, 0.5) is 0 Å². The molecule has 0 amide bonds. The number of carbonyl (C=O) groups is 1.